The van der Waals surface area contributed by atoms with Crippen LogP contribution in [0.4, 0.5) is 5.82 Å². The molecule has 2 N–H and O–H groups in total. The van der Waals surface area contributed by atoms with Crippen molar-refractivity contribution in [1.29, 1.82) is 0 Å². The molecule has 2 saturated carbocycles. The third-order valence-electron chi connectivity index (χ3n) is 4.00. The van der Waals surface area contributed by atoms with Crippen molar-refractivity contribution < 1.29 is 0 Å². The van der Waals surface area contributed by atoms with Crippen LogP contribution in [-0.2, 0) is 6.54 Å². The summed E-state index contributed by atoms with van der Waals surface area (Å²) < 4.78 is 0. The molecule has 4 nitrogen and oxygen atoms in total. The molecule has 0 atom stereocenters. The average molecular weight is 274 g/mol. The van der Waals surface area contributed by atoms with Gasteiger partial charge in [0.25, 0.3) is 0 Å². The van der Waals surface area contributed by atoms with E-state index in [0.29, 0.717) is 5.82 Å². The fourth-order valence-electron chi connectivity index (χ4n) is 2.59. The van der Waals surface area contributed by atoms with Gasteiger partial charge in [0.1, 0.15) is 16.5 Å². The van der Waals surface area contributed by atoms with E-state index in [1.54, 1.807) is 11.3 Å². The summed E-state index contributed by atoms with van der Waals surface area (Å²) in [5, 5.41) is 3.02. The smallest absolute Gasteiger partial charge is 0.146 e. The largest absolute Gasteiger partial charge is 0.383 e. The highest BCUT2D eigenvalue weighted by Crippen LogP contribution is 2.35. The summed E-state index contributed by atoms with van der Waals surface area (Å²) in [6.07, 6.45) is 5.47. The number of aromatic nitrogens is 2. The lowest BCUT2D eigenvalue weighted by molar-refractivity contribution is 0.238. The van der Waals surface area contributed by atoms with Crippen LogP contribution in [0.15, 0.2) is 11.4 Å². The number of nitrogen functional groups attached to an aromatic ring is 1. The molecule has 100 valence electrons. The van der Waals surface area contributed by atoms with Gasteiger partial charge in [-0.1, -0.05) is 0 Å². The quantitative estimate of drug-likeness (QED) is 0.910. The van der Waals surface area contributed by atoms with E-state index in [1.165, 1.54) is 32.2 Å². The van der Waals surface area contributed by atoms with Crippen LogP contribution < -0.4 is 5.73 Å². The van der Waals surface area contributed by atoms with Crippen LogP contribution in [0.3, 0.4) is 0 Å². The number of rotatable bonds is 5. The first-order chi connectivity index (χ1) is 9.29. The van der Waals surface area contributed by atoms with Crippen molar-refractivity contribution in [3.05, 3.63) is 17.3 Å². The second-order valence-corrected chi connectivity index (χ2v) is 6.66. The summed E-state index contributed by atoms with van der Waals surface area (Å²) in [5.41, 5.74) is 6.02. The van der Waals surface area contributed by atoms with Crippen molar-refractivity contribution in [3.8, 4) is 0 Å². The van der Waals surface area contributed by atoms with Crippen LogP contribution in [0, 0.1) is 5.92 Å². The third-order valence-corrected chi connectivity index (χ3v) is 4.80. The molecule has 19 heavy (non-hydrogen) atoms. The molecule has 0 aromatic carbocycles. The van der Waals surface area contributed by atoms with Gasteiger partial charge in [-0.25, -0.2) is 9.97 Å². The molecule has 0 amide bonds. The van der Waals surface area contributed by atoms with Crippen LogP contribution in [0.2, 0.25) is 0 Å². The van der Waals surface area contributed by atoms with Crippen LogP contribution in [-0.4, -0.2) is 27.5 Å². The maximum atomic E-state index is 6.02. The van der Waals surface area contributed by atoms with E-state index in [1.807, 2.05) is 11.4 Å². The summed E-state index contributed by atoms with van der Waals surface area (Å²) in [5.74, 6) is 2.44. The molecule has 0 saturated heterocycles. The molecule has 2 aromatic heterocycles. The van der Waals surface area contributed by atoms with E-state index in [4.69, 9.17) is 5.73 Å². The Labute approximate surface area is 116 Å². The minimum Gasteiger partial charge on any atom is -0.383 e. The van der Waals surface area contributed by atoms with Gasteiger partial charge < -0.3 is 5.73 Å². The summed E-state index contributed by atoms with van der Waals surface area (Å²) in [6.45, 7) is 2.08. The number of thiophene rings is 1. The SMILES string of the molecule is Nc1nc(CN(CC2CC2)C2CC2)nc2sccc12. The van der Waals surface area contributed by atoms with Gasteiger partial charge in [0, 0.05) is 12.6 Å². The molecule has 2 heterocycles. The molecule has 2 aliphatic carbocycles. The van der Waals surface area contributed by atoms with E-state index in [2.05, 4.69) is 14.9 Å². The van der Waals surface area contributed by atoms with Crippen molar-refractivity contribution in [1.82, 2.24) is 14.9 Å². The Morgan fingerprint density at radius 1 is 1.26 bits per heavy atom. The maximum absolute atomic E-state index is 6.02. The molecular weight excluding hydrogens is 256 g/mol. The third kappa shape index (κ3) is 2.44. The number of hydrogen-bond acceptors (Lipinski definition) is 5. The van der Waals surface area contributed by atoms with Crippen molar-refractivity contribution in [2.45, 2.75) is 38.3 Å². The lowest BCUT2D eigenvalue weighted by Crippen LogP contribution is -2.28. The highest BCUT2D eigenvalue weighted by atomic mass is 32.1. The fourth-order valence-corrected chi connectivity index (χ4v) is 3.38. The Hall–Kier alpha value is -1.20. The minimum atomic E-state index is 0.628. The normalized spacial score (nSPS) is 19.4. The van der Waals surface area contributed by atoms with E-state index >= 15 is 0 Å². The topological polar surface area (TPSA) is 55.0 Å². The van der Waals surface area contributed by atoms with Gasteiger partial charge in [-0.15, -0.1) is 11.3 Å². The standard InChI is InChI=1S/C14H18N4S/c15-13-11-5-6-19-14(11)17-12(16-13)8-18(10-3-4-10)7-9-1-2-9/h5-6,9-10H,1-4,7-8H2,(H2,15,16,17). The van der Waals surface area contributed by atoms with Crippen molar-refractivity contribution in [2.75, 3.05) is 12.3 Å². The second kappa shape index (κ2) is 4.42. The van der Waals surface area contributed by atoms with Crippen LogP contribution >= 0.6 is 11.3 Å². The minimum absolute atomic E-state index is 0.628. The van der Waals surface area contributed by atoms with Gasteiger partial charge in [-0.2, -0.15) is 0 Å². The zero-order valence-electron chi connectivity index (χ0n) is 10.9. The summed E-state index contributed by atoms with van der Waals surface area (Å²) in [4.78, 5) is 12.7. The molecule has 5 heteroatoms. The number of nitrogens with zero attached hydrogens (tertiary/aromatic N) is 3. The lowest BCUT2D eigenvalue weighted by atomic mass is 10.3. The molecule has 4 rings (SSSR count). The Morgan fingerprint density at radius 3 is 2.84 bits per heavy atom. The summed E-state index contributed by atoms with van der Waals surface area (Å²) in [7, 11) is 0. The van der Waals surface area contributed by atoms with Crippen LogP contribution in [0.5, 0.6) is 0 Å². The van der Waals surface area contributed by atoms with E-state index < -0.39 is 0 Å². The Kier molecular flexibility index (Phi) is 2.70. The predicted octanol–water partition coefficient (Wildman–Crippen LogP) is 2.65. The summed E-state index contributed by atoms with van der Waals surface area (Å²) >= 11 is 1.64. The highest BCUT2D eigenvalue weighted by Gasteiger charge is 2.34. The molecular formula is C14H18N4S. The summed E-state index contributed by atoms with van der Waals surface area (Å²) in [6, 6.07) is 2.77. The van der Waals surface area contributed by atoms with Crippen LogP contribution in [0.25, 0.3) is 10.2 Å². The van der Waals surface area contributed by atoms with E-state index in [9.17, 15) is 0 Å². The lowest BCUT2D eigenvalue weighted by Gasteiger charge is -2.20. The molecule has 2 fully saturated rings. The second-order valence-electron chi connectivity index (χ2n) is 5.77. The Balaban J connectivity index is 1.58. The first kappa shape index (κ1) is 11.6. The predicted molar refractivity (Wildman–Crippen MR) is 78.0 cm³/mol. The average Bonchev–Trinajstić information content (AvgIpc) is 3.28. The molecule has 0 spiro atoms. The molecule has 2 aromatic rings. The zero-order valence-corrected chi connectivity index (χ0v) is 11.7. The van der Waals surface area contributed by atoms with Gasteiger partial charge in [-0.3, -0.25) is 4.90 Å². The van der Waals surface area contributed by atoms with Gasteiger partial charge in [0.15, 0.2) is 0 Å². The molecule has 0 bridgehead atoms. The van der Waals surface area contributed by atoms with E-state index in [-0.39, 0.29) is 0 Å². The number of fused-ring (bicyclic) bond motifs is 1. The first-order valence-electron chi connectivity index (χ1n) is 7.03. The van der Waals surface area contributed by atoms with E-state index in [0.717, 1.165) is 34.5 Å². The Morgan fingerprint density at radius 2 is 2.11 bits per heavy atom. The van der Waals surface area contributed by atoms with Crippen molar-refractivity contribution in [2.24, 2.45) is 5.92 Å². The Bertz CT molecular complexity index is 601. The number of hydrogen-bond donors (Lipinski definition) is 1. The van der Waals surface area contributed by atoms with Crippen LogP contribution in [0.1, 0.15) is 31.5 Å². The number of nitrogens with two attached hydrogens (primary N) is 1. The van der Waals surface area contributed by atoms with Crippen molar-refractivity contribution in [3.63, 3.8) is 0 Å². The molecule has 0 radical (unpaired) electrons. The van der Waals surface area contributed by atoms with Gasteiger partial charge in [0.05, 0.1) is 11.9 Å². The number of anilines is 1. The fraction of sp³-hybridized carbons (Fsp3) is 0.571. The first-order valence-corrected chi connectivity index (χ1v) is 7.91. The maximum Gasteiger partial charge on any atom is 0.146 e. The van der Waals surface area contributed by atoms with Crippen molar-refractivity contribution >= 4 is 27.4 Å². The zero-order chi connectivity index (χ0) is 12.8. The highest BCUT2D eigenvalue weighted by molar-refractivity contribution is 7.16. The van der Waals surface area contributed by atoms with Gasteiger partial charge in [-0.05, 0) is 43.0 Å². The van der Waals surface area contributed by atoms with Gasteiger partial charge in [0.2, 0.25) is 0 Å². The van der Waals surface area contributed by atoms with Gasteiger partial charge >= 0.3 is 0 Å². The molecule has 0 unspecified atom stereocenters. The monoisotopic (exact) mass is 274 g/mol. The molecule has 2 aliphatic rings. The molecule has 0 aliphatic heterocycles.